The van der Waals surface area contributed by atoms with Gasteiger partial charge in [-0.2, -0.15) is 0 Å². The molecule has 1 aliphatic rings. The van der Waals surface area contributed by atoms with Crippen molar-refractivity contribution < 1.29 is 0 Å². The van der Waals surface area contributed by atoms with E-state index in [1.54, 1.807) is 0 Å². The number of fused-ring (bicyclic) bond motifs is 1. The molecule has 0 bridgehead atoms. The lowest BCUT2D eigenvalue weighted by Crippen LogP contribution is -2.06. The number of benzene rings is 1. The third-order valence-corrected chi connectivity index (χ3v) is 1.84. The van der Waals surface area contributed by atoms with Crippen LogP contribution in [-0.2, 0) is 0 Å². The van der Waals surface area contributed by atoms with Crippen LogP contribution in [0.3, 0.4) is 0 Å². The van der Waals surface area contributed by atoms with Crippen molar-refractivity contribution in [2.24, 2.45) is 0 Å². The SMILES string of the molecule is CC1=Cc2ccccc2[N]C1. The molecule has 11 heavy (non-hydrogen) atoms. The second-order valence-corrected chi connectivity index (χ2v) is 2.87. The zero-order chi connectivity index (χ0) is 7.68. The van der Waals surface area contributed by atoms with Gasteiger partial charge in [-0.3, -0.25) is 5.32 Å². The molecule has 0 saturated carbocycles. The average molecular weight is 144 g/mol. The summed E-state index contributed by atoms with van der Waals surface area (Å²) in [5.74, 6) is 0. The maximum Gasteiger partial charge on any atom is 0.0650 e. The fourth-order valence-electron chi connectivity index (χ4n) is 1.27. The van der Waals surface area contributed by atoms with Gasteiger partial charge < -0.3 is 0 Å². The van der Waals surface area contributed by atoms with Crippen LogP contribution in [0.15, 0.2) is 29.8 Å². The predicted molar refractivity (Wildman–Crippen MR) is 46.8 cm³/mol. The van der Waals surface area contributed by atoms with E-state index in [-0.39, 0.29) is 0 Å². The summed E-state index contributed by atoms with van der Waals surface area (Å²) in [6.45, 7) is 2.97. The Labute approximate surface area is 66.7 Å². The molecule has 1 radical (unpaired) electrons. The molecule has 0 aromatic heterocycles. The zero-order valence-electron chi connectivity index (χ0n) is 6.54. The Kier molecular flexibility index (Phi) is 1.42. The Morgan fingerprint density at radius 1 is 1.27 bits per heavy atom. The first-order valence-electron chi connectivity index (χ1n) is 3.80. The summed E-state index contributed by atoms with van der Waals surface area (Å²) in [6.07, 6.45) is 2.20. The molecule has 55 valence electrons. The molecular weight excluding hydrogens is 134 g/mol. The van der Waals surface area contributed by atoms with Crippen molar-refractivity contribution >= 4 is 11.8 Å². The van der Waals surface area contributed by atoms with Crippen LogP contribution in [0.1, 0.15) is 12.5 Å². The summed E-state index contributed by atoms with van der Waals surface area (Å²) in [4.78, 5) is 0. The molecule has 0 fully saturated rings. The largest absolute Gasteiger partial charge is 0.280 e. The quantitative estimate of drug-likeness (QED) is 0.530. The van der Waals surface area contributed by atoms with Gasteiger partial charge in [-0.1, -0.05) is 29.8 Å². The fraction of sp³-hybridized carbons (Fsp3) is 0.200. The van der Waals surface area contributed by atoms with E-state index in [2.05, 4.69) is 30.4 Å². The summed E-state index contributed by atoms with van der Waals surface area (Å²) in [6, 6.07) is 8.22. The Hall–Kier alpha value is -1.24. The minimum atomic E-state index is 0.858. The van der Waals surface area contributed by atoms with Crippen LogP contribution >= 0.6 is 0 Å². The van der Waals surface area contributed by atoms with Crippen LogP contribution < -0.4 is 5.32 Å². The number of nitrogens with zero attached hydrogens (tertiary/aromatic N) is 1. The normalized spacial score (nSPS) is 14.8. The minimum absolute atomic E-state index is 0.858. The molecule has 0 spiro atoms. The fourth-order valence-corrected chi connectivity index (χ4v) is 1.27. The lowest BCUT2D eigenvalue weighted by atomic mass is 10.1. The number of hydrogen-bond donors (Lipinski definition) is 0. The first-order valence-corrected chi connectivity index (χ1v) is 3.80. The van der Waals surface area contributed by atoms with Crippen LogP contribution in [0, 0.1) is 0 Å². The number of para-hydroxylation sites is 1. The molecule has 2 rings (SSSR count). The van der Waals surface area contributed by atoms with Gasteiger partial charge in [0.2, 0.25) is 0 Å². The molecule has 0 unspecified atom stereocenters. The highest BCUT2D eigenvalue weighted by molar-refractivity contribution is 5.67. The van der Waals surface area contributed by atoms with E-state index in [9.17, 15) is 0 Å². The van der Waals surface area contributed by atoms with E-state index in [0.717, 1.165) is 12.2 Å². The first-order chi connectivity index (χ1) is 5.36. The first kappa shape index (κ1) is 6.47. The maximum absolute atomic E-state index is 4.41. The van der Waals surface area contributed by atoms with Gasteiger partial charge in [-0.25, -0.2) is 0 Å². The maximum atomic E-state index is 4.41. The summed E-state index contributed by atoms with van der Waals surface area (Å²) >= 11 is 0. The molecule has 0 saturated heterocycles. The molecule has 1 aromatic rings. The van der Waals surface area contributed by atoms with Crippen LogP contribution in [0.4, 0.5) is 5.69 Å². The van der Waals surface area contributed by atoms with E-state index >= 15 is 0 Å². The van der Waals surface area contributed by atoms with Crippen molar-refractivity contribution in [3.63, 3.8) is 0 Å². The van der Waals surface area contributed by atoms with E-state index in [1.807, 2.05) is 12.1 Å². The van der Waals surface area contributed by atoms with Gasteiger partial charge in [0.15, 0.2) is 0 Å². The molecule has 1 aromatic carbocycles. The molecule has 1 aliphatic heterocycles. The topological polar surface area (TPSA) is 14.1 Å². The summed E-state index contributed by atoms with van der Waals surface area (Å²) in [7, 11) is 0. The van der Waals surface area contributed by atoms with E-state index in [0.29, 0.717) is 0 Å². The van der Waals surface area contributed by atoms with Gasteiger partial charge >= 0.3 is 0 Å². The van der Waals surface area contributed by atoms with Gasteiger partial charge in [0, 0.05) is 0 Å². The van der Waals surface area contributed by atoms with Crippen LogP contribution in [0.25, 0.3) is 6.08 Å². The van der Waals surface area contributed by atoms with Crippen molar-refractivity contribution in [3.05, 3.63) is 35.4 Å². The van der Waals surface area contributed by atoms with E-state index in [4.69, 9.17) is 0 Å². The molecular formula is C10H10N. The standard InChI is InChI=1S/C10H10N/c1-8-6-9-4-2-3-5-10(9)11-7-8/h2-6H,7H2,1H3. The van der Waals surface area contributed by atoms with Crippen molar-refractivity contribution in [2.45, 2.75) is 6.92 Å². The second-order valence-electron chi connectivity index (χ2n) is 2.87. The van der Waals surface area contributed by atoms with Crippen molar-refractivity contribution in [3.8, 4) is 0 Å². The summed E-state index contributed by atoms with van der Waals surface area (Å²) in [5, 5.41) is 4.41. The van der Waals surface area contributed by atoms with Gasteiger partial charge in [0.1, 0.15) is 0 Å². The highest BCUT2D eigenvalue weighted by Crippen LogP contribution is 2.22. The summed E-state index contributed by atoms with van der Waals surface area (Å²) in [5.41, 5.74) is 3.71. The van der Waals surface area contributed by atoms with Crippen LogP contribution in [0.2, 0.25) is 0 Å². The lowest BCUT2D eigenvalue weighted by Gasteiger charge is -2.12. The highest BCUT2D eigenvalue weighted by Gasteiger charge is 2.05. The molecule has 0 atom stereocenters. The van der Waals surface area contributed by atoms with Gasteiger partial charge in [0.25, 0.3) is 0 Å². The smallest absolute Gasteiger partial charge is 0.0650 e. The van der Waals surface area contributed by atoms with Crippen molar-refractivity contribution in [2.75, 3.05) is 6.54 Å². The molecule has 1 heterocycles. The van der Waals surface area contributed by atoms with Crippen molar-refractivity contribution in [1.29, 1.82) is 0 Å². The Bertz CT molecular complexity index is 299. The van der Waals surface area contributed by atoms with Gasteiger partial charge in [-0.15, -0.1) is 0 Å². The molecule has 1 heteroatoms. The Balaban J connectivity index is 2.51. The average Bonchev–Trinajstić information content (AvgIpc) is 2.04. The molecule has 0 amide bonds. The lowest BCUT2D eigenvalue weighted by molar-refractivity contribution is 0.918. The van der Waals surface area contributed by atoms with Gasteiger partial charge in [-0.05, 0) is 18.6 Å². The molecule has 1 nitrogen and oxygen atoms in total. The third kappa shape index (κ3) is 1.14. The summed E-state index contributed by atoms with van der Waals surface area (Å²) < 4.78 is 0. The van der Waals surface area contributed by atoms with E-state index in [1.165, 1.54) is 11.1 Å². The second kappa shape index (κ2) is 2.42. The van der Waals surface area contributed by atoms with Crippen LogP contribution in [-0.4, -0.2) is 6.54 Å². The highest BCUT2D eigenvalue weighted by atomic mass is 14.9. The predicted octanol–water partition coefficient (Wildman–Crippen LogP) is 2.34. The third-order valence-electron chi connectivity index (χ3n) is 1.84. The molecule has 0 N–H and O–H groups in total. The van der Waals surface area contributed by atoms with Crippen molar-refractivity contribution in [1.82, 2.24) is 5.32 Å². The zero-order valence-corrected chi connectivity index (χ0v) is 6.54. The molecule has 0 aliphatic carbocycles. The monoisotopic (exact) mass is 144 g/mol. The Morgan fingerprint density at radius 2 is 2.09 bits per heavy atom. The van der Waals surface area contributed by atoms with Gasteiger partial charge in [0.05, 0.1) is 12.2 Å². The minimum Gasteiger partial charge on any atom is -0.280 e. The number of hydrogen-bond acceptors (Lipinski definition) is 0. The van der Waals surface area contributed by atoms with Crippen LogP contribution in [0.5, 0.6) is 0 Å². The number of rotatable bonds is 0. The Morgan fingerprint density at radius 3 is 3.00 bits per heavy atom. The van der Waals surface area contributed by atoms with E-state index < -0.39 is 0 Å².